The summed E-state index contributed by atoms with van der Waals surface area (Å²) in [6, 6.07) is 16.4. The smallest absolute Gasteiger partial charge is 0.242 e. The number of methoxy groups -OCH3 is 1. The van der Waals surface area contributed by atoms with E-state index in [1.165, 1.54) is 5.56 Å². The van der Waals surface area contributed by atoms with Gasteiger partial charge in [-0.05, 0) is 36.1 Å². The number of hydrazone groups is 1. The summed E-state index contributed by atoms with van der Waals surface area (Å²) in [5.74, 6) is 1.14. The second kappa shape index (κ2) is 6.36. The van der Waals surface area contributed by atoms with Crippen LogP contribution in [0.25, 0.3) is 0 Å². The maximum atomic E-state index is 12.6. The van der Waals surface area contributed by atoms with Crippen LogP contribution in [-0.4, -0.2) is 23.7 Å². The van der Waals surface area contributed by atoms with Gasteiger partial charge in [0.2, 0.25) is 5.91 Å². The molecule has 0 saturated carbocycles. The van der Waals surface area contributed by atoms with Crippen LogP contribution in [0.15, 0.2) is 53.6 Å². The van der Waals surface area contributed by atoms with Crippen molar-refractivity contribution >= 4 is 11.6 Å². The van der Waals surface area contributed by atoms with Gasteiger partial charge in [0, 0.05) is 17.9 Å². The van der Waals surface area contributed by atoms with E-state index in [0.29, 0.717) is 6.42 Å². The first-order chi connectivity index (χ1) is 12.2. The van der Waals surface area contributed by atoms with Crippen molar-refractivity contribution in [1.82, 2.24) is 5.01 Å². The number of benzene rings is 2. The van der Waals surface area contributed by atoms with E-state index >= 15 is 0 Å². The van der Waals surface area contributed by atoms with E-state index in [-0.39, 0.29) is 17.9 Å². The Morgan fingerprint density at radius 3 is 2.76 bits per heavy atom. The van der Waals surface area contributed by atoms with E-state index in [9.17, 15) is 4.79 Å². The van der Waals surface area contributed by atoms with Gasteiger partial charge < -0.3 is 4.74 Å². The zero-order valence-electron chi connectivity index (χ0n) is 14.6. The predicted octanol–water partition coefficient (Wildman–Crippen LogP) is 3.96. The monoisotopic (exact) mass is 334 g/mol. The van der Waals surface area contributed by atoms with Crippen molar-refractivity contribution in [1.29, 1.82) is 0 Å². The van der Waals surface area contributed by atoms with Crippen molar-refractivity contribution < 1.29 is 9.53 Å². The van der Waals surface area contributed by atoms with Crippen molar-refractivity contribution in [3.8, 4) is 5.75 Å². The number of hydrogen-bond donors (Lipinski definition) is 0. The molecule has 0 spiro atoms. The third kappa shape index (κ3) is 2.62. The molecule has 0 aromatic heterocycles. The maximum absolute atomic E-state index is 12.6. The molecule has 0 fully saturated rings. The van der Waals surface area contributed by atoms with Gasteiger partial charge in [0.1, 0.15) is 5.75 Å². The molecule has 25 heavy (non-hydrogen) atoms. The Morgan fingerprint density at radius 1 is 1.24 bits per heavy atom. The van der Waals surface area contributed by atoms with Crippen molar-refractivity contribution in [3.05, 3.63) is 65.2 Å². The zero-order valence-corrected chi connectivity index (χ0v) is 14.6. The van der Waals surface area contributed by atoms with E-state index in [0.717, 1.165) is 35.4 Å². The summed E-state index contributed by atoms with van der Waals surface area (Å²) in [6.45, 7) is 1.89. The maximum Gasteiger partial charge on any atom is 0.242 e. The minimum absolute atomic E-state index is 0.0111. The number of rotatable bonds is 3. The van der Waals surface area contributed by atoms with Crippen LogP contribution in [0.2, 0.25) is 0 Å². The zero-order chi connectivity index (χ0) is 17.4. The second-order valence-corrected chi connectivity index (χ2v) is 6.60. The van der Waals surface area contributed by atoms with Gasteiger partial charge in [0.05, 0.1) is 18.9 Å². The summed E-state index contributed by atoms with van der Waals surface area (Å²) < 4.78 is 5.40. The summed E-state index contributed by atoms with van der Waals surface area (Å²) in [4.78, 5) is 12.6. The van der Waals surface area contributed by atoms with Gasteiger partial charge in [0.15, 0.2) is 0 Å². The molecule has 0 bridgehead atoms. The summed E-state index contributed by atoms with van der Waals surface area (Å²) in [7, 11) is 1.68. The number of aryl methyl sites for hydroxylation is 1. The van der Waals surface area contributed by atoms with Gasteiger partial charge in [-0.1, -0.05) is 43.3 Å². The van der Waals surface area contributed by atoms with Gasteiger partial charge in [-0.2, -0.15) is 5.10 Å². The molecule has 1 amide bonds. The highest BCUT2D eigenvalue weighted by Crippen LogP contribution is 2.44. The van der Waals surface area contributed by atoms with E-state index in [4.69, 9.17) is 9.84 Å². The van der Waals surface area contributed by atoms with E-state index < -0.39 is 0 Å². The van der Waals surface area contributed by atoms with Gasteiger partial charge in [-0.15, -0.1) is 0 Å². The van der Waals surface area contributed by atoms with E-state index in [1.807, 2.05) is 31.2 Å². The Morgan fingerprint density at radius 2 is 2.04 bits per heavy atom. The number of carbonyl (C=O) groups is 1. The third-order valence-corrected chi connectivity index (χ3v) is 5.23. The molecule has 4 heteroatoms. The second-order valence-electron chi connectivity index (χ2n) is 6.60. The van der Waals surface area contributed by atoms with Gasteiger partial charge in [-0.25, -0.2) is 5.01 Å². The topological polar surface area (TPSA) is 41.9 Å². The summed E-state index contributed by atoms with van der Waals surface area (Å²) in [5.41, 5.74) is 4.59. The molecule has 0 saturated heterocycles. The lowest BCUT2D eigenvalue weighted by Crippen LogP contribution is -2.31. The van der Waals surface area contributed by atoms with E-state index in [1.54, 1.807) is 12.1 Å². The largest absolute Gasteiger partial charge is 0.497 e. The van der Waals surface area contributed by atoms with Gasteiger partial charge in [0.25, 0.3) is 0 Å². The molecule has 1 aliphatic heterocycles. The molecule has 0 unspecified atom stereocenters. The number of fused-ring (bicyclic) bond motifs is 3. The number of carbonyl (C=O) groups excluding carboxylic acids is 1. The first kappa shape index (κ1) is 15.9. The van der Waals surface area contributed by atoms with Crippen molar-refractivity contribution in [2.24, 2.45) is 11.0 Å². The Balaban J connectivity index is 1.81. The minimum Gasteiger partial charge on any atom is -0.497 e. The van der Waals surface area contributed by atoms with Crippen LogP contribution in [0, 0.1) is 5.92 Å². The first-order valence-corrected chi connectivity index (χ1v) is 8.85. The molecule has 1 aliphatic carbocycles. The highest BCUT2D eigenvalue weighted by Gasteiger charge is 2.43. The molecule has 128 valence electrons. The molecule has 4 nitrogen and oxygen atoms in total. The van der Waals surface area contributed by atoms with Crippen molar-refractivity contribution in [2.45, 2.75) is 32.2 Å². The SMILES string of the molecule is CCC(=O)N1N=C2c3cc(OC)ccc3CC[C@H]2[C@H]1c1ccccc1. The lowest BCUT2D eigenvalue weighted by molar-refractivity contribution is -0.133. The average Bonchev–Trinajstić information content (AvgIpc) is 3.07. The van der Waals surface area contributed by atoms with Crippen LogP contribution in [0.4, 0.5) is 0 Å². The minimum atomic E-state index is -0.0111. The number of ether oxygens (including phenoxy) is 1. The Labute approximate surface area is 148 Å². The molecule has 0 N–H and O–H groups in total. The van der Waals surface area contributed by atoms with Gasteiger partial charge in [-0.3, -0.25) is 4.79 Å². The fraction of sp³-hybridized carbons (Fsp3) is 0.333. The standard InChI is InChI=1S/C21H22N2O2/c1-3-19(24)23-21(15-7-5-4-6-8-15)17-12-10-14-9-11-16(25-2)13-18(14)20(17)22-23/h4-9,11,13,17,21H,3,10,12H2,1-2H3/t17-,21-/m1/s1. The first-order valence-electron chi connectivity index (χ1n) is 8.85. The highest BCUT2D eigenvalue weighted by molar-refractivity contribution is 6.07. The Bertz CT molecular complexity index is 829. The summed E-state index contributed by atoms with van der Waals surface area (Å²) in [6.07, 6.45) is 2.46. The Hall–Kier alpha value is -2.62. The van der Waals surface area contributed by atoms with Crippen LogP contribution in [0.1, 0.15) is 42.5 Å². The summed E-state index contributed by atoms with van der Waals surface area (Å²) >= 11 is 0. The van der Waals surface area contributed by atoms with E-state index in [2.05, 4.69) is 24.3 Å². The van der Waals surface area contributed by atoms with Crippen LogP contribution >= 0.6 is 0 Å². The van der Waals surface area contributed by atoms with Crippen molar-refractivity contribution in [2.75, 3.05) is 7.11 Å². The molecule has 2 aliphatic rings. The normalized spacial score (nSPS) is 21.4. The molecular formula is C21H22N2O2. The van der Waals surface area contributed by atoms with Crippen molar-refractivity contribution in [3.63, 3.8) is 0 Å². The number of nitrogens with zero attached hydrogens (tertiary/aromatic N) is 2. The fourth-order valence-electron chi connectivity index (χ4n) is 3.97. The average molecular weight is 334 g/mol. The van der Waals surface area contributed by atoms with Crippen LogP contribution in [0.3, 0.4) is 0 Å². The Kier molecular flexibility index (Phi) is 4.04. The van der Waals surface area contributed by atoms with Crippen LogP contribution < -0.4 is 4.74 Å². The number of amides is 1. The summed E-state index contributed by atoms with van der Waals surface area (Å²) in [5, 5.41) is 6.51. The molecule has 2 aromatic rings. The van der Waals surface area contributed by atoms with Gasteiger partial charge >= 0.3 is 0 Å². The highest BCUT2D eigenvalue weighted by atomic mass is 16.5. The third-order valence-electron chi connectivity index (χ3n) is 5.23. The number of hydrogen-bond acceptors (Lipinski definition) is 3. The molecule has 2 atom stereocenters. The fourth-order valence-corrected chi connectivity index (χ4v) is 3.97. The molecular weight excluding hydrogens is 312 g/mol. The molecule has 0 radical (unpaired) electrons. The molecule has 1 heterocycles. The quantitative estimate of drug-likeness (QED) is 0.853. The lowest BCUT2D eigenvalue weighted by atomic mass is 9.77. The van der Waals surface area contributed by atoms with Crippen LogP contribution in [0.5, 0.6) is 5.75 Å². The lowest BCUT2D eigenvalue weighted by Gasteiger charge is -2.29. The van der Waals surface area contributed by atoms with Crippen LogP contribution in [-0.2, 0) is 11.2 Å². The predicted molar refractivity (Wildman–Crippen MR) is 97.7 cm³/mol. The molecule has 2 aromatic carbocycles. The molecule has 4 rings (SSSR count).